The molecule has 0 saturated carbocycles. The molecular weight excluding hydrogens is 218 g/mol. The lowest BCUT2D eigenvalue weighted by atomic mass is 10.2. The number of hydrogen-bond acceptors (Lipinski definition) is 3. The van der Waals surface area contributed by atoms with E-state index in [9.17, 15) is 0 Å². The van der Waals surface area contributed by atoms with Gasteiger partial charge in [0, 0.05) is 24.3 Å². The zero-order valence-electron chi connectivity index (χ0n) is 10.3. The first-order valence-electron chi connectivity index (χ1n) is 5.71. The number of benzene rings is 1. The van der Waals surface area contributed by atoms with Crippen LogP contribution in [0.5, 0.6) is 0 Å². The van der Waals surface area contributed by atoms with E-state index in [0.29, 0.717) is 6.10 Å². The first-order valence-corrected chi connectivity index (χ1v) is 6.70. The molecule has 16 heavy (non-hydrogen) atoms. The van der Waals surface area contributed by atoms with Crippen molar-refractivity contribution in [2.75, 3.05) is 19.4 Å². The Labute approximate surface area is 103 Å². The van der Waals surface area contributed by atoms with E-state index in [0.717, 1.165) is 18.8 Å². The van der Waals surface area contributed by atoms with Crippen LogP contribution in [0.2, 0.25) is 0 Å². The molecule has 1 atom stereocenters. The molecule has 3 heteroatoms. The zero-order chi connectivity index (χ0) is 11.8. The normalized spacial score (nSPS) is 12.7. The molecule has 0 heterocycles. The van der Waals surface area contributed by atoms with Crippen LogP contribution < -0.4 is 5.32 Å². The van der Waals surface area contributed by atoms with Crippen LogP contribution in [-0.2, 0) is 11.3 Å². The fourth-order valence-corrected chi connectivity index (χ4v) is 2.27. The molecule has 2 nitrogen and oxygen atoms in total. The number of hydrogen-bond donors (Lipinski definition) is 1. The number of thioether (sulfide) groups is 1. The topological polar surface area (TPSA) is 21.3 Å². The minimum absolute atomic E-state index is 0.308. The van der Waals surface area contributed by atoms with Gasteiger partial charge in [-0.15, -0.1) is 11.8 Å². The maximum absolute atomic E-state index is 5.23. The molecule has 0 fully saturated rings. The molecule has 1 aromatic rings. The molecule has 0 aliphatic heterocycles. The van der Waals surface area contributed by atoms with Gasteiger partial charge in [0.15, 0.2) is 0 Å². The second kappa shape index (κ2) is 7.71. The molecule has 0 spiro atoms. The summed E-state index contributed by atoms with van der Waals surface area (Å²) in [5.41, 5.74) is 1.34. The van der Waals surface area contributed by atoms with E-state index in [-0.39, 0.29) is 0 Å². The van der Waals surface area contributed by atoms with Crippen molar-refractivity contribution in [1.29, 1.82) is 0 Å². The molecule has 1 N–H and O–H groups in total. The quantitative estimate of drug-likeness (QED) is 0.739. The van der Waals surface area contributed by atoms with Crippen molar-refractivity contribution in [1.82, 2.24) is 5.32 Å². The van der Waals surface area contributed by atoms with Crippen molar-refractivity contribution in [3.8, 4) is 0 Å². The van der Waals surface area contributed by atoms with Crippen LogP contribution in [0.15, 0.2) is 29.2 Å². The van der Waals surface area contributed by atoms with Crippen LogP contribution in [0.1, 0.15) is 19.4 Å². The highest BCUT2D eigenvalue weighted by molar-refractivity contribution is 7.99. The molecule has 0 radical (unpaired) electrons. The second-order valence-corrected chi connectivity index (χ2v) is 4.88. The van der Waals surface area contributed by atoms with Crippen molar-refractivity contribution in [2.24, 2.45) is 0 Å². The standard InChI is InChI=1S/C13H21NOS/c1-4-14-9-12-6-5-7-13(8-12)16-10-11(2)15-3/h5-8,11,14H,4,9-10H2,1-3H3. The molecule has 0 aromatic heterocycles. The average molecular weight is 239 g/mol. The van der Waals surface area contributed by atoms with Crippen LogP contribution in [0.3, 0.4) is 0 Å². The summed E-state index contributed by atoms with van der Waals surface area (Å²) >= 11 is 1.85. The first kappa shape index (κ1) is 13.6. The zero-order valence-corrected chi connectivity index (χ0v) is 11.1. The summed E-state index contributed by atoms with van der Waals surface area (Å²) in [5.74, 6) is 1.00. The van der Waals surface area contributed by atoms with E-state index >= 15 is 0 Å². The average Bonchev–Trinajstić information content (AvgIpc) is 2.34. The summed E-state index contributed by atoms with van der Waals surface area (Å²) in [6.45, 7) is 6.18. The van der Waals surface area contributed by atoms with E-state index in [1.807, 2.05) is 11.8 Å². The lowest BCUT2D eigenvalue weighted by Gasteiger charge is -2.09. The van der Waals surface area contributed by atoms with Gasteiger partial charge in [0.2, 0.25) is 0 Å². The molecule has 1 rings (SSSR count). The SMILES string of the molecule is CCNCc1cccc(SCC(C)OC)c1. The Balaban J connectivity index is 2.46. The van der Waals surface area contributed by atoms with Crippen molar-refractivity contribution < 1.29 is 4.74 Å². The van der Waals surface area contributed by atoms with E-state index in [4.69, 9.17) is 4.74 Å². The minimum atomic E-state index is 0.308. The van der Waals surface area contributed by atoms with Gasteiger partial charge in [-0.3, -0.25) is 0 Å². The Morgan fingerprint density at radius 2 is 2.25 bits per heavy atom. The van der Waals surface area contributed by atoms with Crippen LogP contribution >= 0.6 is 11.8 Å². The molecule has 0 amide bonds. The maximum Gasteiger partial charge on any atom is 0.0637 e. The van der Waals surface area contributed by atoms with Gasteiger partial charge in [0.05, 0.1) is 6.10 Å². The van der Waals surface area contributed by atoms with Crippen molar-refractivity contribution in [3.05, 3.63) is 29.8 Å². The molecular formula is C13H21NOS. The number of methoxy groups -OCH3 is 1. The molecule has 0 bridgehead atoms. The highest BCUT2D eigenvalue weighted by Crippen LogP contribution is 2.20. The minimum Gasteiger partial charge on any atom is -0.381 e. The molecule has 0 aliphatic carbocycles. The van der Waals surface area contributed by atoms with Gasteiger partial charge in [-0.2, -0.15) is 0 Å². The van der Waals surface area contributed by atoms with Gasteiger partial charge in [-0.1, -0.05) is 19.1 Å². The summed E-state index contributed by atoms with van der Waals surface area (Å²) < 4.78 is 5.23. The second-order valence-electron chi connectivity index (χ2n) is 3.79. The smallest absolute Gasteiger partial charge is 0.0637 e. The van der Waals surface area contributed by atoms with Crippen molar-refractivity contribution in [2.45, 2.75) is 31.4 Å². The Hall–Kier alpha value is -0.510. The van der Waals surface area contributed by atoms with Gasteiger partial charge < -0.3 is 10.1 Å². The van der Waals surface area contributed by atoms with Gasteiger partial charge in [0.25, 0.3) is 0 Å². The Bertz CT molecular complexity index is 304. The molecule has 0 aliphatic rings. The number of rotatable bonds is 7. The summed E-state index contributed by atoms with van der Waals surface area (Å²) in [5, 5.41) is 3.33. The molecule has 0 saturated heterocycles. The lowest BCUT2D eigenvalue weighted by Crippen LogP contribution is -2.11. The van der Waals surface area contributed by atoms with Crippen LogP contribution in [0.25, 0.3) is 0 Å². The van der Waals surface area contributed by atoms with Crippen LogP contribution in [-0.4, -0.2) is 25.5 Å². The van der Waals surface area contributed by atoms with Crippen molar-refractivity contribution >= 4 is 11.8 Å². The van der Waals surface area contributed by atoms with Gasteiger partial charge in [-0.05, 0) is 31.2 Å². The summed E-state index contributed by atoms with van der Waals surface area (Å²) in [4.78, 5) is 1.32. The van der Waals surface area contributed by atoms with E-state index in [1.165, 1.54) is 10.5 Å². The van der Waals surface area contributed by atoms with E-state index < -0.39 is 0 Å². The highest BCUT2D eigenvalue weighted by Gasteiger charge is 2.01. The largest absolute Gasteiger partial charge is 0.381 e. The Morgan fingerprint density at radius 3 is 2.94 bits per heavy atom. The maximum atomic E-state index is 5.23. The summed E-state index contributed by atoms with van der Waals surface area (Å²) in [6, 6.07) is 8.68. The first-order chi connectivity index (χ1) is 7.76. The Morgan fingerprint density at radius 1 is 1.44 bits per heavy atom. The fraction of sp³-hybridized carbons (Fsp3) is 0.538. The third-order valence-corrected chi connectivity index (χ3v) is 3.59. The van der Waals surface area contributed by atoms with Crippen molar-refractivity contribution in [3.63, 3.8) is 0 Å². The summed E-state index contributed by atoms with van der Waals surface area (Å²) in [6.07, 6.45) is 0.308. The highest BCUT2D eigenvalue weighted by atomic mass is 32.2. The lowest BCUT2D eigenvalue weighted by molar-refractivity contribution is 0.138. The molecule has 1 aromatic carbocycles. The monoisotopic (exact) mass is 239 g/mol. The van der Waals surface area contributed by atoms with Gasteiger partial charge >= 0.3 is 0 Å². The number of nitrogens with one attached hydrogen (secondary N) is 1. The Kier molecular flexibility index (Phi) is 6.53. The van der Waals surface area contributed by atoms with Gasteiger partial charge in [0.1, 0.15) is 0 Å². The predicted octanol–water partition coefficient (Wildman–Crippen LogP) is 2.92. The number of ether oxygens (including phenoxy) is 1. The predicted molar refractivity (Wildman–Crippen MR) is 71.0 cm³/mol. The van der Waals surface area contributed by atoms with E-state index in [2.05, 4.69) is 43.4 Å². The van der Waals surface area contributed by atoms with E-state index in [1.54, 1.807) is 7.11 Å². The van der Waals surface area contributed by atoms with Crippen LogP contribution in [0, 0.1) is 0 Å². The van der Waals surface area contributed by atoms with Crippen LogP contribution in [0.4, 0.5) is 0 Å². The molecule has 1 unspecified atom stereocenters. The third-order valence-electron chi connectivity index (χ3n) is 2.36. The third kappa shape index (κ3) is 5.01. The summed E-state index contributed by atoms with van der Waals surface area (Å²) in [7, 11) is 1.76. The molecule has 90 valence electrons. The van der Waals surface area contributed by atoms with Gasteiger partial charge in [-0.25, -0.2) is 0 Å². The fourth-order valence-electron chi connectivity index (χ4n) is 1.30.